The van der Waals surface area contributed by atoms with Crippen molar-refractivity contribution in [1.29, 1.82) is 0 Å². The summed E-state index contributed by atoms with van der Waals surface area (Å²) in [5, 5.41) is 2.93. The Kier molecular flexibility index (Phi) is 6.89. The van der Waals surface area contributed by atoms with Crippen LogP contribution >= 0.6 is 0 Å². The maximum absolute atomic E-state index is 12.7. The summed E-state index contributed by atoms with van der Waals surface area (Å²) in [6.45, 7) is 5.04. The third kappa shape index (κ3) is 5.09. The molecule has 2 aliphatic rings. The molecule has 150 valence electrons. The van der Waals surface area contributed by atoms with Crippen LogP contribution < -0.4 is 5.32 Å². The van der Waals surface area contributed by atoms with Gasteiger partial charge in [-0.3, -0.25) is 9.69 Å². The van der Waals surface area contributed by atoms with Crippen molar-refractivity contribution in [2.24, 2.45) is 0 Å². The van der Waals surface area contributed by atoms with Crippen LogP contribution in [-0.2, 0) is 14.8 Å². The summed E-state index contributed by atoms with van der Waals surface area (Å²) in [5.41, 5.74) is 0.638. The van der Waals surface area contributed by atoms with Crippen LogP contribution in [-0.4, -0.2) is 55.8 Å². The number of hydrogen-bond donors (Lipinski definition) is 1. The highest BCUT2D eigenvalue weighted by Gasteiger charge is 2.26. The van der Waals surface area contributed by atoms with Gasteiger partial charge in [0.2, 0.25) is 15.9 Å². The second kappa shape index (κ2) is 9.17. The van der Waals surface area contributed by atoms with E-state index in [0.717, 1.165) is 45.2 Å². The number of likely N-dealkylation sites (tertiary alicyclic amines) is 1. The highest BCUT2D eigenvalue weighted by molar-refractivity contribution is 7.89. The second-order valence-corrected chi connectivity index (χ2v) is 9.54. The number of benzene rings is 1. The molecule has 1 amide bonds. The first-order valence-corrected chi connectivity index (χ1v) is 11.6. The van der Waals surface area contributed by atoms with Crippen LogP contribution in [0.5, 0.6) is 0 Å². The number of rotatable bonds is 5. The number of hydrogen-bond acceptors (Lipinski definition) is 4. The van der Waals surface area contributed by atoms with Gasteiger partial charge in [0.25, 0.3) is 0 Å². The number of amides is 1. The van der Waals surface area contributed by atoms with Crippen molar-refractivity contribution in [3.63, 3.8) is 0 Å². The predicted octanol–water partition coefficient (Wildman–Crippen LogP) is 3.06. The fraction of sp³-hybridized carbons (Fsp3) is 0.650. The molecule has 7 heteroatoms. The van der Waals surface area contributed by atoms with Gasteiger partial charge in [-0.25, -0.2) is 8.42 Å². The van der Waals surface area contributed by atoms with Crippen molar-refractivity contribution in [3.05, 3.63) is 24.3 Å². The summed E-state index contributed by atoms with van der Waals surface area (Å²) >= 11 is 0. The molecular formula is C20H31N3O3S. The normalized spacial score (nSPS) is 21.4. The first kappa shape index (κ1) is 20.3. The van der Waals surface area contributed by atoms with Gasteiger partial charge in [-0.15, -0.1) is 0 Å². The second-order valence-electron chi connectivity index (χ2n) is 7.60. The van der Waals surface area contributed by atoms with E-state index in [1.807, 2.05) is 6.92 Å². The van der Waals surface area contributed by atoms with E-state index in [9.17, 15) is 13.2 Å². The Hall–Kier alpha value is -1.44. The Balaban J connectivity index is 1.62. The van der Waals surface area contributed by atoms with Crippen LogP contribution in [0.1, 0.15) is 51.9 Å². The average Bonchev–Trinajstić information content (AvgIpc) is 2.98. The fourth-order valence-electron chi connectivity index (χ4n) is 3.86. The minimum Gasteiger partial charge on any atom is -0.325 e. The number of sulfonamides is 1. The van der Waals surface area contributed by atoms with Crippen molar-refractivity contribution >= 4 is 21.6 Å². The molecular weight excluding hydrogens is 362 g/mol. The van der Waals surface area contributed by atoms with Gasteiger partial charge in [0.15, 0.2) is 0 Å². The predicted molar refractivity (Wildman–Crippen MR) is 107 cm³/mol. The van der Waals surface area contributed by atoms with Crippen LogP contribution in [0.4, 0.5) is 5.69 Å². The van der Waals surface area contributed by atoms with Crippen LogP contribution in [0.15, 0.2) is 29.2 Å². The van der Waals surface area contributed by atoms with E-state index < -0.39 is 10.0 Å². The highest BCUT2D eigenvalue weighted by Crippen LogP contribution is 2.22. The van der Waals surface area contributed by atoms with Crippen LogP contribution in [0, 0.1) is 0 Å². The average molecular weight is 394 g/mol. The summed E-state index contributed by atoms with van der Waals surface area (Å²) in [4.78, 5) is 15.1. The number of nitrogens with one attached hydrogen (secondary N) is 1. The molecule has 0 aromatic heterocycles. The van der Waals surface area contributed by atoms with E-state index in [1.54, 1.807) is 28.6 Å². The van der Waals surface area contributed by atoms with Crippen LogP contribution in [0.25, 0.3) is 0 Å². The van der Waals surface area contributed by atoms with Crippen LogP contribution in [0.2, 0.25) is 0 Å². The summed E-state index contributed by atoms with van der Waals surface area (Å²) < 4.78 is 27.0. The lowest BCUT2D eigenvalue weighted by molar-refractivity contribution is -0.120. The van der Waals surface area contributed by atoms with E-state index in [4.69, 9.17) is 0 Å². The molecule has 2 saturated heterocycles. The molecule has 3 rings (SSSR count). The molecule has 0 bridgehead atoms. The van der Waals surface area contributed by atoms with Gasteiger partial charge < -0.3 is 5.32 Å². The number of nitrogens with zero attached hydrogens (tertiary/aromatic N) is 2. The first-order chi connectivity index (χ1) is 13.0. The first-order valence-electron chi connectivity index (χ1n) is 10.1. The van der Waals surface area contributed by atoms with E-state index in [-0.39, 0.29) is 11.9 Å². The Bertz CT molecular complexity index is 719. The minimum absolute atomic E-state index is 0.0384. The molecule has 6 nitrogen and oxygen atoms in total. The zero-order valence-corrected chi connectivity index (χ0v) is 17.0. The topological polar surface area (TPSA) is 69.7 Å². The highest BCUT2D eigenvalue weighted by atomic mass is 32.2. The molecule has 27 heavy (non-hydrogen) atoms. The monoisotopic (exact) mass is 393 g/mol. The van der Waals surface area contributed by atoms with Gasteiger partial charge in [-0.05, 0) is 70.0 Å². The molecule has 2 fully saturated rings. The standard InChI is InChI=1S/C20H31N3O3S/c1-17(22-13-5-2-3-6-14-22)20(24)21-18-9-11-19(12-10-18)27(25,26)23-15-7-4-8-16-23/h9-12,17H,2-8,13-16H2,1H3,(H,21,24)/t17-/m0/s1. The van der Waals surface area contributed by atoms with Crippen molar-refractivity contribution in [2.45, 2.75) is 62.8 Å². The van der Waals surface area contributed by atoms with Gasteiger partial charge >= 0.3 is 0 Å². The molecule has 2 aliphatic heterocycles. The smallest absolute Gasteiger partial charge is 0.243 e. The van der Waals surface area contributed by atoms with Gasteiger partial charge in [-0.2, -0.15) is 4.31 Å². The molecule has 0 aliphatic carbocycles. The lowest BCUT2D eigenvalue weighted by Crippen LogP contribution is -2.42. The minimum atomic E-state index is -3.43. The Labute approximate surface area is 163 Å². The Morgan fingerprint density at radius 2 is 1.41 bits per heavy atom. The molecule has 0 saturated carbocycles. The zero-order chi connectivity index (χ0) is 19.3. The van der Waals surface area contributed by atoms with Crippen LogP contribution in [0.3, 0.4) is 0 Å². The lowest BCUT2D eigenvalue weighted by Gasteiger charge is -2.27. The van der Waals surface area contributed by atoms with E-state index in [2.05, 4.69) is 10.2 Å². The molecule has 1 aromatic rings. The van der Waals surface area contributed by atoms with Gasteiger partial charge in [0.05, 0.1) is 10.9 Å². The Morgan fingerprint density at radius 3 is 2.00 bits per heavy atom. The summed E-state index contributed by atoms with van der Waals surface area (Å²) in [7, 11) is -3.43. The van der Waals surface area contributed by atoms with Crippen molar-refractivity contribution in [1.82, 2.24) is 9.21 Å². The number of piperidine rings is 1. The van der Waals surface area contributed by atoms with Crippen molar-refractivity contribution < 1.29 is 13.2 Å². The van der Waals surface area contributed by atoms with Gasteiger partial charge in [-0.1, -0.05) is 19.3 Å². The maximum Gasteiger partial charge on any atom is 0.243 e. The summed E-state index contributed by atoms with van der Waals surface area (Å²) in [6.07, 6.45) is 7.67. The van der Waals surface area contributed by atoms with E-state index in [1.165, 1.54) is 12.8 Å². The molecule has 1 atom stereocenters. The number of carbonyl (C=O) groups is 1. The third-order valence-electron chi connectivity index (χ3n) is 5.64. The van der Waals surface area contributed by atoms with E-state index >= 15 is 0 Å². The van der Waals surface area contributed by atoms with E-state index in [0.29, 0.717) is 23.7 Å². The summed E-state index contributed by atoms with van der Waals surface area (Å²) in [6, 6.07) is 6.37. The fourth-order valence-corrected chi connectivity index (χ4v) is 5.38. The molecule has 0 unspecified atom stereocenters. The number of carbonyl (C=O) groups excluding carboxylic acids is 1. The van der Waals surface area contributed by atoms with Gasteiger partial charge in [0.1, 0.15) is 0 Å². The lowest BCUT2D eigenvalue weighted by atomic mass is 10.2. The molecule has 1 aromatic carbocycles. The van der Waals surface area contributed by atoms with Gasteiger partial charge in [0, 0.05) is 18.8 Å². The quantitative estimate of drug-likeness (QED) is 0.835. The largest absolute Gasteiger partial charge is 0.325 e. The molecule has 0 radical (unpaired) electrons. The maximum atomic E-state index is 12.7. The molecule has 2 heterocycles. The zero-order valence-electron chi connectivity index (χ0n) is 16.2. The summed E-state index contributed by atoms with van der Waals surface area (Å²) in [5.74, 6) is -0.0384. The number of anilines is 1. The SMILES string of the molecule is C[C@@H](C(=O)Nc1ccc(S(=O)(=O)N2CCCCC2)cc1)N1CCCCCC1. The molecule has 1 N–H and O–H groups in total. The Morgan fingerprint density at radius 1 is 0.889 bits per heavy atom. The van der Waals surface area contributed by atoms with Crippen molar-refractivity contribution in [3.8, 4) is 0 Å². The molecule has 0 spiro atoms. The van der Waals surface area contributed by atoms with Crippen molar-refractivity contribution in [2.75, 3.05) is 31.5 Å². The third-order valence-corrected chi connectivity index (χ3v) is 7.56.